The van der Waals surface area contributed by atoms with Gasteiger partial charge in [-0.2, -0.15) is 0 Å². The summed E-state index contributed by atoms with van der Waals surface area (Å²) in [6.45, 7) is 1.38. The zero-order valence-electron chi connectivity index (χ0n) is 14.9. The molecule has 2 aromatic rings. The van der Waals surface area contributed by atoms with Crippen LogP contribution in [0.2, 0.25) is 0 Å². The third-order valence-electron chi connectivity index (χ3n) is 4.00. The van der Waals surface area contributed by atoms with E-state index in [2.05, 4.69) is 0 Å². The standard InChI is InChI=1S/C20H22F2N2O2.ClH/c21-16-7-8-17(18(22)13-16)19(25)9-10-20(26)24(12-4-11-23)14-15-5-2-1-3-6-15;/h1-3,5-8,13H,4,9-12,14,23H2;1H. The van der Waals surface area contributed by atoms with Crippen molar-refractivity contribution in [2.45, 2.75) is 25.8 Å². The molecule has 0 aliphatic carbocycles. The first-order chi connectivity index (χ1) is 12.5. The Bertz CT molecular complexity index is 757. The summed E-state index contributed by atoms with van der Waals surface area (Å²) in [5, 5.41) is 0. The first-order valence-corrected chi connectivity index (χ1v) is 8.51. The SMILES string of the molecule is Cl.NCCCN(Cc1ccccc1)C(=O)CCC(=O)c1ccc(F)cc1F. The predicted octanol–water partition coefficient (Wildman–Crippen LogP) is 3.73. The highest BCUT2D eigenvalue weighted by Crippen LogP contribution is 2.14. The number of hydrogen-bond donors (Lipinski definition) is 1. The molecule has 2 aromatic carbocycles. The number of amides is 1. The molecular formula is C20H23ClF2N2O2. The summed E-state index contributed by atoms with van der Waals surface area (Å²) in [6, 6.07) is 12.3. The number of Topliss-reactive ketones (excluding diaryl/α,β-unsaturated/α-hetero) is 1. The minimum Gasteiger partial charge on any atom is -0.338 e. The Labute approximate surface area is 163 Å². The monoisotopic (exact) mass is 396 g/mol. The molecule has 0 aliphatic rings. The second kappa shape index (κ2) is 11.4. The summed E-state index contributed by atoms with van der Waals surface area (Å²) in [7, 11) is 0. The van der Waals surface area contributed by atoms with Crippen molar-refractivity contribution in [3.8, 4) is 0 Å². The highest BCUT2D eigenvalue weighted by atomic mass is 35.5. The molecule has 0 aliphatic heterocycles. The molecule has 0 unspecified atom stereocenters. The van der Waals surface area contributed by atoms with Gasteiger partial charge in [0.05, 0.1) is 5.56 Å². The summed E-state index contributed by atoms with van der Waals surface area (Å²) in [5.41, 5.74) is 6.31. The van der Waals surface area contributed by atoms with Crippen LogP contribution in [-0.2, 0) is 11.3 Å². The van der Waals surface area contributed by atoms with E-state index in [1.54, 1.807) is 4.90 Å². The van der Waals surface area contributed by atoms with Gasteiger partial charge in [-0.05, 0) is 30.7 Å². The van der Waals surface area contributed by atoms with Crippen LogP contribution in [0.5, 0.6) is 0 Å². The Morgan fingerprint density at radius 1 is 1.00 bits per heavy atom. The van der Waals surface area contributed by atoms with Crippen LogP contribution in [0.4, 0.5) is 8.78 Å². The molecule has 0 spiro atoms. The Morgan fingerprint density at radius 3 is 2.33 bits per heavy atom. The van der Waals surface area contributed by atoms with E-state index in [4.69, 9.17) is 5.73 Å². The zero-order chi connectivity index (χ0) is 18.9. The summed E-state index contributed by atoms with van der Waals surface area (Å²) in [5.74, 6) is -2.37. The number of halogens is 3. The number of carbonyl (C=O) groups excluding carboxylic acids is 2. The molecule has 2 rings (SSSR count). The molecule has 0 saturated carbocycles. The lowest BCUT2D eigenvalue weighted by Gasteiger charge is -2.22. The van der Waals surface area contributed by atoms with Gasteiger partial charge in [0, 0.05) is 32.0 Å². The van der Waals surface area contributed by atoms with Crippen LogP contribution in [0.3, 0.4) is 0 Å². The Balaban J connectivity index is 0.00000364. The summed E-state index contributed by atoms with van der Waals surface area (Å²) in [4.78, 5) is 26.3. The van der Waals surface area contributed by atoms with Crippen LogP contribution in [-0.4, -0.2) is 29.7 Å². The van der Waals surface area contributed by atoms with Gasteiger partial charge in [-0.25, -0.2) is 8.78 Å². The minimum absolute atomic E-state index is 0. The number of rotatable bonds is 9. The minimum atomic E-state index is -0.910. The maximum Gasteiger partial charge on any atom is 0.223 e. The summed E-state index contributed by atoms with van der Waals surface area (Å²) >= 11 is 0. The molecule has 0 heterocycles. The van der Waals surface area contributed by atoms with E-state index in [0.717, 1.165) is 17.7 Å². The van der Waals surface area contributed by atoms with Gasteiger partial charge in [0.1, 0.15) is 11.6 Å². The Morgan fingerprint density at radius 2 is 1.70 bits per heavy atom. The van der Waals surface area contributed by atoms with Crippen LogP contribution in [0.15, 0.2) is 48.5 Å². The van der Waals surface area contributed by atoms with Crippen molar-refractivity contribution in [1.29, 1.82) is 0 Å². The summed E-state index contributed by atoms with van der Waals surface area (Å²) in [6.07, 6.45) is 0.488. The molecule has 0 aromatic heterocycles. The van der Waals surface area contributed by atoms with E-state index in [1.165, 1.54) is 0 Å². The summed E-state index contributed by atoms with van der Waals surface area (Å²) < 4.78 is 26.6. The fraction of sp³-hybridized carbons (Fsp3) is 0.300. The number of carbonyl (C=O) groups is 2. The van der Waals surface area contributed by atoms with Crippen LogP contribution < -0.4 is 5.73 Å². The van der Waals surface area contributed by atoms with Crippen molar-refractivity contribution in [2.75, 3.05) is 13.1 Å². The van der Waals surface area contributed by atoms with Crippen LogP contribution in [0.25, 0.3) is 0 Å². The van der Waals surface area contributed by atoms with Crippen molar-refractivity contribution in [3.05, 3.63) is 71.3 Å². The first kappa shape index (κ1) is 22.7. The second-order valence-corrected chi connectivity index (χ2v) is 5.99. The lowest BCUT2D eigenvalue weighted by molar-refractivity contribution is -0.131. The third-order valence-corrected chi connectivity index (χ3v) is 4.00. The maximum absolute atomic E-state index is 13.7. The highest BCUT2D eigenvalue weighted by molar-refractivity contribution is 5.98. The molecule has 27 heavy (non-hydrogen) atoms. The van der Waals surface area contributed by atoms with Gasteiger partial charge in [-0.15, -0.1) is 12.4 Å². The van der Waals surface area contributed by atoms with Crippen LogP contribution in [0, 0.1) is 11.6 Å². The number of ketones is 1. The first-order valence-electron chi connectivity index (χ1n) is 8.51. The quantitative estimate of drug-likeness (QED) is 0.657. The van der Waals surface area contributed by atoms with E-state index in [9.17, 15) is 18.4 Å². The average molecular weight is 397 g/mol. The molecule has 1 amide bonds. The van der Waals surface area contributed by atoms with Gasteiger partial charge in [0.15, 0.2) is 5.78 Å². The predicted molar refractivity (Wildman–Crippen MR) is 103 cm³/mol. The van der Waals surface area contributed by atoms with Gasteiger partial charge in [-0.3, -0.25) is 9.59 Å². The fourth-order valence-corrected chi connectivity index (χ4v) is 2.61. The smallest absolute Gasteiger partial charge is 0.223 e. The molecule has 146 valence electrons. The molecule has 2 N–H and O–H groups in total. The molecular weight excluding hydrogens is 374 g/mol. The molecule has 0 bridgehead atoms. The van der Waals surface area contributed by atoms with Gasteiger partial charge < -0.3 is 10.6 Å². The normalized spacial score (nSPS) is 10.2. The van der Waals surface area contributed by atoms with Gasteiger partial charge in [0.2, 0.25) is 5.91 Å². The Kier molecular flexibility index (Phi) is 9.61. The topological polar surface area (TPSA) is 63.4 Å². The van der Waals surface area contributed by atoms with Crippen molar-refractivity contribution in [3.63, 3.8) is 0 Å². The molecule has 0 fully saturated rings. The second-order valence-electron chi connectivity index (χ2n) is 5.99. The van der Waals surface area contributed by atoms with Crippen LogP contribution in [0.1, 0.15) is 35.2 Å². The van der Waals surface area contributed by atoms with Gasteiger partial charge in [-0.1, -0.05) is 30.3 Å². The number of nitrogens with zero attached hydrogens (tertiary/aromatic N) is 1. The third kappa shape index (κ3) is 7.07. The number of nitrogens with two attached hydrogens (primary N) is 1. The van der Waals surface area contributed by atoms with Crippen molar-refractivity contribution in [1.82, 2.24) is 4.90 Å². The van der Waals surface area contributed by atoms with E-state index in [0.29, 0.717) is 32.1 Å². The molecule has 4 nitrogen and oxygen atoms in total. The maximum atomic E-state index is 13.7. The molecule has 0 saturated heterocycles. The Hall–Kier alpha value is -2.31. The van der Waals surface area contributed by atoms with Gasteiger partial charge in [0.25, 0.3) is 0 Å². The average Bonchev–Trinajstić information content (AvgIpc) is 2.63. The molecule has 0 radical (unpaired) electrons. The molecule has 0 atom stereocenters. The lowest BCUT2D eigenvalue weighted by atomic mass is 10.1. The van der Waals surface area contributed by atoms with E-state index in [-0.39, 0.29) is 36.7 Å². The van der Waals surface area contributed by atoms with E-state index >= 15 is 0 Å². The van der Waals surface area contributed by atoms with Crippen molar-refractivity contribution < 1.29 is 18.4 Å². The largest absolute Gasteiger partial charge is 0.338 e. The van der Waals surface area contributed by atoms with E-state index in [1.807, 2.05) is 30.3 Å². The van der Waals surface area contributed by atoms with E-state index < -0.39 is 17.4 Å². The zero-order valence-corrected chi connectivity index (χ0v) is 15.7. The number of benzene rings is 2. The molecule has 7 heteroatoms. The van der Waals surface area contributed by atoms with Crippen LogP contribution >= 0.6 is 12.4 Å². The fourth-order valence-electron chi connectivity index (χ4n) is 2.61. The highest BCUT2D eigenvalue weighted by Gasteiger charge is 2.18. The number of hydrogen-bond acceptors (Lipinski definition) is 3. The lowest BCUT2D eigenvalue weighted by Crippen LogP contribution is -2.32. The van der Waals surface area contributed by atoms with Crippen molar-refractivity contribution >= 4 is 24.1 Å². The van der Waals surface area contributed by atoms with Gasteiger partial charge >= 0.3 is 0 Å². The van der Waals surface area contributed by atoms with Crippen molar-refractivity contribution in [2.24, 2.45) is 5.73 Å².